The standard InChI is InChI=1S/C8H14O/c1-2-6-3-7-5-8(4-6)9-7/h6-8H,2-5H2,1H3. The van der Waals surface area contributed by atoms with Crippen molar-refractivity contribution in [2.75, 3.05) is 0 Å². The van der Waals surface area contributed by atoms with E-state index in [4.69, 9.17) is 4.74 Å². The average Bonchev–Trinajstić information content (AvgIpc) is 1.87. The molecule has 0 amide bonds. The normalized spacial score (nSPS) is 48.3. The van der Waals surface area contributed by atoms with E-state index in [1.165, 1.54) is 25.7 Å². The molecule has 1 aliphatic carbocycles. The van der Waals surface area contributed by atoms with Gasteiger partial charge in [-0.25, -0.2) is 0 Å². The van der Waals surface area contributed by atoms with Crippen molar-refractivity contribution in [2.45, 2.75) is 44.8 Å². The molecule has 52 valence electrons. The Morgan fingerprint density at radius 1 is 1.22 bits per heavy atom. The Bertz CT molecular complexity index is 95.1. The van der Waals surface area contributed by atoms with Crippen LogP contribution in [0, 0.1) is 5.92 Å². The summed E-state index contributed by atoms with van der Waals surface area (Å²) in [7, 11) is 0. The fourth-order valence-electron chi connectivity index (χ4n) is 2.03. The third-order valence-corrected chi connectivity index (χ3v) is 2.68. The van der Waals surface area contributed by atoms with Gasteiger partial charge in [-0.05, 0) is 25.2 Å². The highest BCUT2D eigenvalue weighted by molar-refractivity contribution is 4.87. The maximum Gasteiger partial charge on any atom is 0.0606 e. The minimum absolute atomic E-state index is 0.661. The summed E-state index contributed by atoms with van der Waals surface area (Å²) < 4.78 is 5.51. The van der Waals surface area contributed by atoms with Crippen molar-refractivity contribution in [2.24, 2.45) is 5.92 Å². The zero-order chi connectivity index (χ0) is 6.27. The summed E-state index contributed by atoms with van der Waals surface area (Å²) in [5.74, 6) is 0.988. The molecule has 1 saturated carbocycles. The van der Waals surface area contributed by atoms with Crippen molar-refractivity contribution in [3.8, 4) is 0 Å². The molecule has 3 rings (SSSR count). The Hall–Kier alpha value is -0.0400. The van der Waals surface area contributed by atoms with E-state index in [1.54, 1.807) is 0 Å². The van der Waals surface area contributed by atoms with E-state index in [2.05, 4.69) is 6.92 Å². The fraction of sp³-hybridized carbons (Fsp3) is 1.00. The third-order valence-electron chi connectivity index (χ3n) is 2.68. The first-order valence-corrected chi connectivity index (χ1v) is 4.04. The molecule has 0 aromatic rings. The van der Waals surface area contributed by atoms with Crippen LogP contribution in [-0.4, -0.2) is 12.2 Å². The summed E-state index contributed by atoms with van der Waals surface area (Å²) in [4.78, 5) is 0. The Labute approximate surface area is 56.4 Å². The van der Waals surface area contributed by atoms with Crippen LogP contribution in [0.2, 0.25) is 0 Å². The Balaban J connectivity index is 1.89. The third kappa shape index (κ3) is 0.877. The summed E-state index contributed by atoms with van der Waals surface area (Å²) in [6.07, 6.45) is 6.72. The lowest BCUT2D eigenvalue weighted by atomic mass is 9.79. The molecule has 2 atom stereocenters. The molecule has 2 unspecified atom stereocenters. The molecule has 2 saturated heterocycles. The zero-order valence-corrected chi connectivity index (χ0v) is 5.97. The first-order chi connectivity index (χ1) is 4.38. The summed E-state index contributed by atoms with van der Waals surface area (Å²) in [5, 5.41) is 0. The van der Waals surface area contributed by atoms with E-state index in [-0.39, 0.29) is 0 Å². The van der Waals surface area contributed by atoms with Gasteiger partial charge >= 0.3 is 0 Å². The minimum Gasteiger partial charge on any atom is -0.375 e. The molecule has 3 aliphatic rings. The summed E-state index contributed by atoms with van der Waals surface area (Å²) >= 11 is 0. The maximum absolute atomic E-state index is 5.51. The monoisotopic (exact) mass is 126 g/mol. The van der Waals surface area contributed by atoms with Gasteiger partial charge in [0.2, 0.25) is 0 Å². The topological polar surface area (TPSA) is 9.23 Å². The Kier molecular flexibility index (Phi) is 1.26. The van der Waals surface area contributed by atoms with Gasteiger partial charge in [-0.3, -0.25) is 0 Å². The molecule has 2 bridgehead atoms. The largest absolute Gasteiger partial charge is 0.375 e. The molecule has 2 aliphatic heterocycles. The van der Waals surface area contributed by atoms with E-state index >= 15 is 0 Å². The van der Waals surface area contributed by atoms with Crippen molar-refractivity contribution in [3.63, 3.8) is 0 Å². The predicted molar refractivity (Wildman–Crippen MR) is 36.3 cm³/mol. The number of rotatable bonds is 1. The van der Waals surface area contributed by atoms with E-state index in [1.807, 2.05) is 0 Å². The van der Waals surface area contributed by atoms with Crippen LogP contribution in [0.5, 0.6) is 0 Å². The van der Waals surface area contributed by atoms with Crippen molar-refractivity contribution in [1.29, 1.82) is 0 Å². The molecule has 9 heavy (non-hydrogen) atoms. The van der Waals surface area contributed by atoms with Crippen LogP contribution in [0.15, 0.2) is 0 Å². The number of hydrogen-bond acceptors (Lipinski definition) is 1. The second kappa shape index (κ2) is 1.98. The lowest BCUT2D eigenvalue weighted by molar-refractivity contribution is -0.173. The molecule has 0 aromatic carbocycles. The van der Waals surface area contributed by atoms with Crippen LogP contribution >= 0.6 is 0 Å². The Morgan fingerprint density at radius 3 is 2.11 bits per heavy atom. The van der Waals surface area contributed by atoms with Gasteiger partial charge < -0.3 is 4.74 Å². The molecule has 1 nitrogen and oxygen atoms in total. The van der Waals surface area contributed by atoms with Crippen LogP contribution in [0.25, 0.3) is 0 Å². The maximum atomic E-state index is 5.51. The highest BCUT2D eigenvalue weighted by atomic mass is 16.5. The first kappa shape index (κ1) is 5.72. The highest BCUT2D eigenvalue weighted by Gasteiger charge is 2.38. The molecule has 0 N–H and O–H groups in total. The van der Waals surface area contributed by atoms with E-state index < -0.39 is 0 Å². The molecule has 0 aromatic heterocycles. The van der Waals surface area contributed by atoms with Crippen LogP contribution in [0.3, 0.4) is 0 Å². The summed E-state index contributed by atoms with van der Waals surface area (Å²) in [6, 6.07) is 0. The van der Waals surface area contributed by atoms with Crippen molar-refractivity contribution in [3.05, 3.63) is 0 Å². The first-order valence-electron chi connectivity index (χ1n) is 4.04. The van der Waals surface area contributed by atoms with Gasteiger partial charge in [-0.1, -0.05) is 13.3 Å². The van der Waals surface area contributed by atoms with Gasteiger partial charge in [0.15, 0.2) is 0 Å². The second-order valence-corrected chi connectivity index (χ2v) is 3.36. The Morgan fingerprint density at radius 2 is 1.78 bits per heavy atom. The molecule has 3 fully saturated rings. The quantitative estimate of drug-likeness (QED) is 0.522. The molecule has 2 heterocycles. The van der Waals surface area contributed by atoms with Gasteiger partial charge in [0.25, 0.3) is 0 Å². The molecule has 1 heteroatoms. The lowest BCUT2D eigenvalue weighted by Gasteiger charge is -2.45. The average molecular weight is 126 g/mol. The van der Waals surface area contributed by atoms with Crippen molar-refractivity contribution in [1.82, 2.24) is 0 Å². The summed E-state index contributed by atoms with van der Waals surface area (Å²) in [5.41, 5.74) is 0. The van der Waals surface area contributed by atoms with E-state index in [0.29, 0.717) is 12.2 Å². The minimum atomic E-state index is 0.661. The van der Waals surface area contributed by atoms with Crippen LogP contribution < -0.4 is 0 Å². The van der Waals surface area contributed by atoms with Crippen LogP contribution in [-0.2, 0) is 4.74 Å². The molecular weight excluding hydrogens is 112 g/mol. The SMILES string of the molecule is CCC1CC2CC(C1)O2. The molecular formula is C8H14O. The molecule has 0 radical (unpaired) electrons. The number of ether oxygens (including phenoxy) is 1. The van der Waals surface area contributed by atoms with Crippen LogP contribution in [0.4, 0.5) is 0 Å². The van der Waals surface area contributed by atoms with Gasteiger partial charge in [0.05, 0.1) is 12.2 Å². The van der Waals surface area contributed by atoms with Crippen LogP contribution in [0.1, 0.15) is 32.6 Å². The van der Waals surface area contributed by atoms with E-state index in [0.717, 1.165) is 5.92 Å². The lowest BCUT2D eigenvalue weighted by Crippen LogP contribution is -2.45. The number of hydrogen-bond donors (Lipinski definition) is 0. The fourth-order valence-corrected chi connectivity index (χ4v) is 2.03. The second-order valence-electron chi connectivity index (χ2n) is 3.36. The van der Waals surface area contributed by atoms with Gasteiger partial charge in [0.1, 0.15) is 0 Å². The predicted octanol–water partition coefficient (Wildman–Crippen LogP) is 1.96. The summed E-state index contributed by atoms with van der Waals surface area (Å²) in [6.45, 7) is 2.29. The van der Waals surface area contributed by atoms with Gasteiger partial charge in [-0.2, -0.15) is 0 Å². The smallest absolute Gasteiger partial charge is 0.0606 e. The number of fused-ring (bicyclic) bond motifs is 2. The van der Waals surface area contributed by atoms with Gasteiger partial charge in [-0.15, -0.1) is 0 Å². The highest BCUT2D eigenvalue weighted by Crippen LogP contribution is 2.39. The van der Waals surface area contributed by atoms with Crippen molar-refractivity contribution >= 4 is 0 Å². The zero-order valence-electron chi connectivity index (χ0n) is 5.97. The molecule has 0 spiro atoms. The van der Waals surface area contributed by atoms with E-state index in [9.17, 15) is 0 Å². The van der Waals surface area contributed by atoms with Crippen molar-refractivity contribution < 1.29 is 4.74 Å². The van der Waals surface area contributed by atoms with Gasteiger partial charge in [0, 0.05) is 0 Å².